The molecule has 3 rings (SSSR count). The van der Waals surface area contributed by atoms with Gasteiger partial charge in [0.2, 0.25) is 5.91 Å². The Labute approximate surface area is 189 Å². The van der Waals surface area contributed by atoms with Crippen molar-refractivity contribution in [1.29, 1.82) is 0 Å². The van der Waals surface area contributed by atoms with Gasteiger partial charge in [0.25, 0.3) is 21.6 Å². The molecule has 0 aliphatic heterocycles. The number of nitro benzene ring substituents is 1. The number of amides is 2. The van der Waals surface area contributed by atoms with Crippen molar-refractivity contribution in [1.82, 2.24) is 0 Å². The molecule has 0 saturated carbocycles. The Morgan fingerprint density at radius 2 is 1.55 bits per heavy atom. The number of rotatable bonds is 8. The molecule has 3 aromatic carbocycles. The fraction of sp³-hybridized carbons (Fsp3) is 0.0909. The highest BCUT2D eigenvalue weighted by atomic mass is 32.2. The van der Waals surface area contributed by atoms with E-state index in [1.165, 1.54) is 30.3 Å². The van der Waals surface area contributed by atoms with Crippen LogP contribution in [0, 0.1) is 10.1 Å². The molecule has 3 aromatic rings. The first kappa shape index (κ1) is 23.4. The van der Waals surface area contributed by atoms with Crippen LogP contribution in [-0.2, 0) is 14.8 Å². The van der Waals surface area contributed by atoms with Crippen molar-refractivity contribution in [2.45, 2.75) is 18.2 Å². The molecule has 10 nitrogen and oxygen atoms in total. The van der Waals surface area contributed by atoms with Crippen molar-refractivity contribution in [2.24, 2.45) is 0 Å². The summed E-state index contributed by atoms with van der Waals surface area (Å²) in [6, 6.07) is 17.0. The predicted octanol–water partition coefficient (Wildman–Crippen LogP) is 4.00. The Balaban J connectivity index is 1.80. The molecule has 0 aromatic heterocycles. The largest absolute Gasteiger partial charge is 0.326 e. The van der Waals surface area contributed by atoms with Gasteiger partial charge in [0, 0.05) is 29.9 Å². The normalized spacial score (nSPS) is 10.8. The number of para-hydroxylation sites is 1. The summed E-state index contributed by atoms with van der Waals surface area (Å²) in [5.74, 6) is -0.713. The summed E-state index contributed by atoms with van der Waals surface area (Å²) in [7, 11) is -4.19. The minimum atomic E-state index is -4.19. The summed E-state index contributed by atoms with van der Waals surface area (Å²) < 4.78 is 27.8. The maximum absolute atomic E-state index is 12.8. The number of anilines is 3. The molecule has 0 spiro atoms. The summed E-state index contributed by atoms with van der Waals surface area (Å²) in [5, 5.41) is 16.3. The number of benzene rings is 3. The average molecular weight is 468 g/mol. The van der Waals surface area contributed by atoms with Crippen molar-refractivity contribution >= 4 is 44.6 Å². The molecular weight excluding hydrogens is 448 g/mol. The molecule has 2 amide bonds. The lowest BCUT2D eigenvalue weighted by Gasteiger charge is -2.13. The molecule has 0 saturated heterocycles. The van der Waals surface area contributed by atoms with Crippen molar-refractivity contribution in [2.75, 3.05) is 15.4 Å². The fourth-order valence-corrected chi connectivity index (χ4v) is 3.94. The standard InChI is InChI=1S/C22H20N4O6S/c1-2-21(27)23-15-10-12-16(13-11-15)24-22(28)19-8-3-4-9-20(19)25-33(31,32)18-7-5-6-17(14-18)26(29)30/h3-14,25H,2H2,1H3,(H,23,27)(H,24,28). The SMILES string of the molecule is CCC(=O)Nc1ccc(NC(=O)c2ccccc2NS(=O)(=O)c2cccc([N+](=O)[O-])c2)cc1. The molecule has 0 radical (unpaired) electrons. The third-order valence-electron chi connectivity index (χ3n) is 4.50. The summed E-state index contributed by atoms with van der Waals surface area (Å²) in [4.78, 5) is 34.2. The zero-order valence-corrected chi connectivity index (χ0v) is 18.3. The quantitative estimate of drug-likeness (QED) is 0.336. The second kappa shape index (κ2) is 9.92. The zero-order chi connectivity index (χ0) is 24.0. The molecule has 3 N–H and O–H groups in total. The van der Waals surface area contributed by atoms with Gasteiger partial charge in [-0.3, -0.25) is 24.4 Å². The monoisotopic (exact) mass is 468 g/mol. The van der Waals surface area contributed by atoms with E-state index in [0.717, 1.165) is 6.07 Å². The first-order valence-electron chi connectivity index (χ1n) is 9.77. The smallest absolute Gasteiger partial charge is 0.270 e. The maximum Gasteiger partial charge on any atom is 0.270 e. The number of nitro groups is 1. The van der Waals surface area contributed by atoms with E-state index in [9.17, 15) is 28.1 Å². The molecule has 33 heavy (non-hydrogen) atoms. The lowest BCUT2D eigenvalue weighted by molar-refractivity contribution is -0.385. The van der Waals surface area contributed by atoms with Crippen LogP contribution in [0.3, 0.4) is 0 Å². The van der Waals surface area contributed by atoms with Crippen LogP contribution in [0.2, 0.25) is 0 Å². The first-order valence-corrected chi connectivity index (χ1v) is 11.3. The molecule has 0 bridgehead atoms. The second-order valence-corrected chi connectivity index (χ2v) is 8.52. The van der Waals surface area contributed by atoms with Crippen LogP contribution in [-0.4, -0.2) is 25.2 Å². The summed E-state index contributed by atoms with van der Waals surface area (Å²) in [6.07, 6.45) is 0.335. The zero-order valence-electron chi connectivity index (χ0n) is 17.4. The molecule has 0 heterocycles. The molecule has 0 aliphatic rings. The minimum Gasteiger partial charge on any atom is -0.326 e. The van der Waals surface area contributed by atoms with Gasteiger partial charge < -0.3 is 10.6 Å². The average Bonchev–Trinajstić information content (AvgIpc) is 2.80. The Morgan fingerprint density at radius 3 is 2.18 bits per heavy atom. The number of hydrogen-bond acceptors (Lipinski definition) is 6. The number of nitrogens with zero attached hydrogens (tertiary/aromatic N) is 1. The van der Waals surface area contributed by atoms with E-state index >= 15 is 0 Å². The van der Waals surface area contributed by atoms with Crippen molar-refractivity contribution in [3.05, 3.63) is 88.5 Å². The molecule has 0 fully saturated rings. The number of carbonyl (C=O) groups is 2. The van der Waals surface area contributed by atoms with E-state index in [0.29, 0.717) is 17.8 Å². The first-order chi connectivity index (χ1) is 15.7. The highest BCUT2D eigenvalue weighted by Gasteiger charge is 2.21. The molecule has 0 atom stereocenters. The lowest BCUT2D eigenvalue weighted by atomic mass is 10.1. The van der Waals surface area contributed by atoms with Gasteiger partial charge >= 0.3 is 0 Å². The van der Waals surface area contributed by atoms with Gasteiger partial charge in [0.1, 0.15) is 0 Å². The highest BCUT2D eigenvalue weighted by molar-refractivity contribution is 7.92. The Bertz CT molecular complexity index is 1310. The molecule has 170 valence electrons. The topological polar surface area (TPSA) is 148 Å². The van der Waals surface area contributed by atoms with Gasteiger partial charge in [-0.25, -0.2) is 8.42 Å². The van der Waals surface area contributed by atoms with E-state index in [1.807, 2.05) is 0 Å². The number of hydrogen-bond donors (Lipinski definition) is 3. The fourth-order valence-electron chi connectivity index (χ4n) is 2.82. The van der Waals surface area contributed by atoms with E-state index in [-0.39, 0.29) is 27.7 Å². The third-order valence-corrected chi connectivity index (χ3v) is 5.87. The predicted molar refractivity (Wildman–Crippen MR) is 124 cm³/mol. The molecular formula is C22H20N4O6S. The van der Waals surface area contributed by atoms with E-state index in [4.69, 9.17) is 0 Å². The van der Waals surface area contributed by atoms with Crippen molar-refractivity contribution in [3.8, 4) is 0 Å². The van der Waals surface area contributed by atoms with Gasteiger partial charge in [-0.2, -0.15) is 0 Å². The van der Waals surface area contributed by atoms with Crippen molar-refractivity contribution in [3.63, 3.8) is 0 Å². The summed E-state index contributed by atoms with van der Waals surface area (Å²) >= 11 is 0. The molecule has 0 aliphatic carbocycles. The van der Waals surface area contributed by atoms with Gasteiger partial charge in [-0.15, -0.1) is 0 Å². The maximum atomic E-state index is 12.8. The van der Waals surface area contributed by atoms with Gasteiger partial charge in [0.15, 0.2) is 0 Å². The van der Waals surface area contributed by atoms with E-state index in [2.05, 4.69) is 15.4 Å². The second-order valence-electron chi connectivity index (χ2n) is 6.84. The van der Waals surface area contributed by atoms with Crippen LogP contribution >= 0.6 is 0 Å². The lowest BCUT2D eigenvalue weighted by Crippen LogP contribution is -2.18. The van der Waals surface area contributed by atoms with Gasteiger partial charge in [-0.1, -0.05) is 25.1 Å². The van der Waals surface area contributed by atoms with Gasteiger partial charge in [0.05, 0.1) is 21.1 Å². The van der Waals surface area contributed by atoms with E-state index in [1.54, 1.807) is 43.3 Å². The number of non-ortho nitro benzene ring substituents is 1. The Kier molecular flexibility index (Phi) is 7.04. The van der Waals surface area contributed by atoms with Crippen molar-refractivity contribution < 1.29 is 22.9 Å². The van der Waals surface area contributed by atoms with E-state index < -0.39 is 20.9 Å². The third kappa shape index (κ3) is 5.92. The molecule has 0 unspecified atom stereocenters. The number of carbonyl (C=O) groups excluding carboxylic acids is 2. The van der Waals surface area contributed by atoms with Crippen LogP contribution in [0.1, 0.15) is 23.7 Å². The van der Waals surface area contributed by atoms with Crippen LogP contribution in [0.4, 0.5) is 22.7 Å². The summed E-state index contributed by atoms with van der Waals surface area (Å²) in [5.41, 5.74) is 0.696. The Morgan fingerprint density at radius 1 is 0.909 bits per heavy atom. The molecule has 11 heteroatoms. The number of sulfonamides is 1. The highest BCUT2D eigenvalue weighted by Crippen LogP contribution is 2.24. The van der Waals surface area contributed by atoms with Crippen LogP contribution in [0.25, 0.3) is 0 Å². The Hall–Kier alpha value is -4.25. The van der Waals surface area contributed by atoms with Gasteiger partial charge in [-0.05, 0) is 42.5 Å². The van der Waals surface area contributed by atoms with Crippen LogP contribution < -0.4 is 15.4 Å². The number of nitrogens with one attached hydrogen (secondary N) is 3. The van der Waals surface area contributed by atoms with Crippen LogP contribution in [0.5, 0.6) is 0 Å². The van der Waals surface area contributed by atoms with Crippen LogP contribution in [0.15, 0.2) is 77.7 Å². The summed E-state index contributed by atoms with van der Waals surface area (Å²) in [6.45, 7) is 1.73. The minimum absolute atomic E-state index is 0.00772.